The van der Waals surface area contributed by atoms with Crippen LogP contribution in [0.4, 0.5) is 5.69 Å². The Morgan fingerprint density at radius 3 is 2.42 bits per heavy atom. The second kappa shape index (κ2) is 6.82. The maximum absolute atomic E-state index is 13.7. The number of likely N-dealkylation sites (N-methyl/N-ethyl adjacent to an activating group) is 2. The maximum Gasteiger partial charge on any atom is 0.258 e. The van der Waals surface area contributed by atoms with Gasteiger partial charge in [0.05, 0.1) is 5.69 Å². The number of thiocarbonyl (C=S) groups is 1. The number of hydrogen-bond donors (Lipinski definition) is 1. The number of hydrogen-bond acceptors (Lipinski definition) is 3. The van der Waals surface area contributed by atoms with Crippen molar-refractivity contribution in [1.82, 2.24) is 9.80 Å². The zero-order valence-corrected chi connectivity index (χ0v) is 17.0. The van der Waals surface area contributed by atoms with Gasteiger partial charge in [-0.25, -0.2) is 0 Å². The molecule has 1 aromatic rings. The van der Waals surface area contributed by atoms with Crippen molar-refractivity contribution in [2.75, 3.05) is 25.5 Å². The molecule has 2 aliphatic rings. The first-order chi connectivity index (χ1) is 12.4. The smallest absolute Gasteiger partial charge is 0.258 e. The van der Waals surface area contributed by atoms with Gasteiger partial charge in [0.15, 0.2) is 10.7 Å². The van der Waals surface area contributed by atoms with E-state index in [2.05, 4.69) is 13.8 Å². The molecule has 1 fully saturated rings. The molecule has 0 bridgehead atoms. The molecular weight excluding hydrogens is 346 g/mol. The van der Waals surface area contributed by atoms with E-state index < -0.39 is 11.3 Å². The van der Waals surface area contributed by atoms with Gasteiger partial charge in [-0.2, -0.15) is 0 Å². The summed E-state index contributed by atoms with van der Waals surface area (Å²) in [6, 6.07) is 7.62. The highest BCUT2D eigenvalue weighted by atomic mass is 32.1. The molecule has 142 valence electrons. The van der Waals surface area contributed by atoms with Crippen molar-refractivity contribution in [2.45, 2.75) is 57.2 Å². The molecule has 2 aliphatic heterocycles. The molecule has 2 unspecified atom stereocenters. The number of para-hydroxylation sites is 1. The number of unbranched alkanes of at least 4 members (excludes halogenated alkanes) is 2. The summed E-state index contributed by atoms with van der Waals surface area (Å²) >= 11 is 5.73. The van der Waals surface area contributed by atoms with Crippen LogP contribution < -0.4 is 4.90 Å². The lowest BCUT2D eigenvalue weighted by Crippen LogP contribution is -2.70. The Balaban J connectivity index is 2.27. The van der Waals surface area contributed by atoms with E-state index >= 15 is 0 Å². The van der Waals surface area contributed by atoms with E-state index in [1.165, 1.54) is 0 Å². The molecule has 3 rings (SSSR count). The van der Waals surface area contributed by atoms with Crippen LogP contribution in [0.25, 0.3) is 0 Å². The van der Waals surface area contributed by atoms with Gasteiger partial charge in [0.1, 0.15) is 0 Å². The Hall–Kier alpha value is -1.66. The van der Waals surface area contributed by atoms with Crippen LogP contribution in [0.2, 0.25) is 0 Å². The normalized spacial score (nSPS) is 27.8. The van der Waals surface area contributed by atoms with Gasteiger partial charge in [-0.3, -0.25) is 4.79 Å². The highest BCUT2D eigenvalue weighted by molar-refractivity contribution is 7.80. The van der Waals surface area contributed by atoms with Gasteiger partial charge in [-0.1, -0.05) is 51.3 Å². The predicted octanol–water partition coefficient (Wildman–Crippen LogP) is 3.07. The second-order valence-corrected chi connectivity index (χ2v) is 7.73. The summed E-state index contributed by atoms with van der Waals surface area (Å²) in [5.74, 6) is -0.0741. The third kappa shape index (κ3) is 2.24. The van der Waals surface area contributed by atoms with Crippen molar-refractivity contribution in [3.05, 3.63) is 29.8 Å². The molecule has 1 amide bonds. The average Bonchev–Trinajstić information content (AvgIpc) is 2.82. The van der Waals surface area contributed by atoms with Crippen LogP contribution >= 0.6 is 12.2 Å². The van der Waals surface area contributed by atoms with Crippen LogP contribution in [-0.2, 0) is 10.5 Å². The molecule has 0 aliphatic carbocycles. The van der Waals surface area contributed by atoms with Gasteiger partial charge < -0.3 is 19.8 Å². The van der Waals surface area contributed by atoms with E-state index in [9.17, 15) is 9.90 Å². The van der Waals surface area contributed by atoms with Crippen molar-refractivity contribution < 1.29 is 9.90 Å². The number of benzene rings is 1. The number of aliphatic hydroxyl groups is 1. The summed E-state index contributed by atoms with van der Waals surface area (Å²) in [6.07, 6.45) is 4.31. The lowest BCUT2D eigenvalue weighted by atomic mass is 9.73. The topological polar surface area (TPSA) is 47.0 Å². The quantitative estimate of drug-likeness (QED) is 0.775. The van der Waals surface area contributed by atoms with Gasteiger partial charge in [-0.15, -0.1) is 0 Å². The summed E-state index contributed by atoms with van der Waals surface area (Å²) in [5.41, 5.74) is -1.03. The number of carbonyl (C=O) groups excluding carboxylic acids is 1. The number of carbonyl (C=O) groups is 1. The lowest BCUT2D eigenvalue weighted by Gasteiger charge is -2.51. The van der Waals surface area contributed by atoms with E-state index in [4.69, 9.17) is 12.2 Å². The fourth-order valence-electron chi connectivity index (χ4n) is 4.52. The summed E-state index contributed by atoms with van der Waals surface area (Å²) in [5, 5.41) is 12.6. The molecular formula is C20H29N3O2S. The summed E-state index contributed by atoms with van der Waals surface area (Å²) in [6.45, 7) is 4.90. The molecule has 0 spiro atoms. The monoisotopic (exact) mass is 375 g/mol. The third-order valence-corrected chi connectivity index (χ3v) is 6.46. The second-order valence-electron chi connectivity index (χ2n) is 7.36. The Labute approximate surface area is 161 Å². The van der Waals surface area contributed by atoms with Gasteiger partial charge in [0, 0.05) is 26.2 Å². The van der Waals surface area contributed by atoms with Crippen molar-refractivity contribution in [3.8, 4) is 0 Å². The molecule has 2 heterocycles. The van der Waals surface area contributed by atoms with Crippen LogP contribution in [0.1, 0.15) is 51.5 Å². The van der Waals surface area contributed by atoms with E-state index in [0.717, 1.165) is 36.9 Å². The van der Waals surface area contributed by atoms with Gasteiger partial charge >= 0.3 is 0 Å². The summed E-state index contributed by atoms with van der Waals surface area (Å²) in [7, 11) is 3.61. The zero-order chi connectivity index (χ0) is 19.1. The standard InChI is InChI=1S/C20H29N3O2S/c1-5-7-13-19-17(24)21(3)16-12-10-9-11-15(16)20(19,25)22(4)18(26)23(19)14-8-6-2/h9-12,25H,5-8,13-14H2,1-4H3. The molecule has 0 aromatic heterocycles. The molecule has 26 heavy (non-hydrogen) atoms. The fraction of sp³-hybridized carbons (Fsp3) is 0.600. The minimum Gasteiger partial charge on any atom is -0.364 e. The summed E-state index contributed by atoms with van der Waals surface area (Å²) < 4.78 is 0. The summed E-state index contributed by atoms with van der Waals surface area (Å²) in [4.78, 5) is 19.1. The van der Waals surface area contributed by atoms with Crippen molar-refractivity contribution in [2.24, 2.45) is 0 Å². The number of fused-ring (bicyclic) bond motifs is 3. The average molecular weight is 376 g/mol. The minimum absolute atomic E-state index is 0.0741. The first-order valence-corrected chi connectivity index (χ1v) is 9.94. The molecule has 1 saturated heterocycles. The predicted molar refractivity (Wildman–Crippen MR) is 108 cm³/mol. The minimum atomic E-state index is -1.45. The largest absolute Gasteiger partial charge is 0.364 e. The highest BCUT2D eigenvalue weighted by Gasteiger charge is 2.71. The maximum atomic E-state index is 13.7. The molecule has 6 heteroatoms. The Kier molecular flexibility index (Phi) is 5.01. The number of nitrogens with zero attached hydrogens (tertiary/aromatic N) is 3. The number of rotatable bonds is 6. The van der Waals surface area contributed by atoms with Crippen LogP contribution in [0.3, 0.4) is 0 Å². The number of amides is 1. The first-order valence-electron chi connectivity index (χ1n) is 9.53. The van der Waals surface area contributed by atoms with Crippen molar-refractivity contribution in [1.29, 1.82) is 0 Å². The van der Waals surface area contributed by atoms with Crippen molar-refractivity contribution >= 4 is 28.9 Å². The molecule has 0 saturated carbocycles. The van der Waals surface area contributed by atoms with E-state index in [0.29, 0.717) is 18.1 Å². The molecule has 5 nitrogen and oxygen atoms in total. The fourth-order valence-corrected chi connectivity index (χ4v) is 4.89. The molecule has 0 radical (unpaired) electrons. The van der Waals surface area contributed by atoms with E-state index in [1.807, 2.05) is 36.2 Å². The van der Waals surface area contributed by atoms with Crippen molar-refractivity contribution in [3.63, 3.8) is 0 Å². The highest BCUT2D eigenvalue weighted by Crippen LogP contribution is 2.55. The van der Waals surface area contributed by atoms with Crippen LogP contribution in [-0.4, -0.2) is 52.1 Å². The van der Waals surface area contributed by atoms with Crippen LogP contribution in [0, 0.1) is 0 Å². The number of anilines is 1. The molecule has 1 aromatic carbocycles. The Morgan fingerprint density at radius 1 is 1.12 bits per heavy atom. The van der Waals surface area contributed by atoms with Gasteiger partial charge in [-0.05, 0) is 31.1 Å². The van der Waals surface area contributed by atoms with Crippen LogP contribution in [0.5, 0.6) is 0 Å². The zero-order valence-electron chi connectivity index (χ0n) is 16.2. The third-order valence-electron chi connectivity index (χ3n) is 5.97. The molecule has 1 N–H and O–H groups in total. The molecule has 2 atom stereocenters. The lowest BCUT2D eigenvalue weighted by molar-refractivity contribution is -0.165. The van der Waals surface area contributed by atoms with E-state index in [-0.39, 0.29) is 5.91 Å². The van der Waals surface area contributed by atoms with Gasteiger partial charge in [0.2, 0.25) is 5.72 Å². The Morgan fingerprint density at radius 2 is 1.77 bits per heavy atom. The SMILES string of the molecule is CCCCN1C(=S)N(C)C2(O)c3ccccc3N(C)C(=O)C12CCCC. The first kappa shape index (κ1) is 19.1. The van der Waals surface area contributed by atoms with E-state index in [1.54, 1.807) is 16.8 Å². The Bertz CT molecular complexity index is 725. The van der Waals surface area contributed by atoms with Gasteiger partial charge in [0.25, 0.3) is 5.91 Å². The van der Waals surface area contributed by atoms with Crippen LogP contribution in [0.15, 0.2) is 24.3 Å².